The Kier molecular flexibility index (Phi) is 5.38. The number of rotatable bonds is 6. The molecule has 1 unspecified atom stereocenters. The van der Waals surface area contributed by atoms with Crippen LogP contribution in [0.25, 0.3) is 22.1 Å². The Morgan fingerprint density at radius 2 is 1.97 bits per heavy atom. The number of hydrogen-bond donors (Lipinski definition) is 1. The Hall–Kier alpha value is -3.99. The highest BCUT2D eigenvalue weighted by Gasteiger charge is 2.12. The minimum Gasteiger partial charge on any atom is -0.457 e. The van der Waals surface area contributed by atoms with Crippen LogP contribution < -0.4 is 10.1 Å². The Morgan fingerprint density at radius 3 is 2.79 bits per heavy atom. The van der Waals surface area contributed by atoms with E-state index in [0.717, 1.165) is 34.5 Å². The molecule has 0 fully saturated rings. The third-order valence-corrected chi connectivity index (χ3v) is 5.84. The van der Waals surface area contributed by atoms with Gasteiger partial charge in [-0.25, -0.2) is 24.6 Å². The lowest BCUT2D eigenvalue weighted by atomic mass is 10.1. The molecule has 10 nitrogen and oxygen atoms in total. The van der Waals surface area contributed by atoms with Gasteiger partial charge in [0.15, 0.2) is 5.82 Å². The first-order valence-corrected chi connectivity index (χ1v) is 11.8. The Labute approximate surface area is 191 Å². The molecule has 0 amide bonds. The second kappa shape index (κ2) is 8.51. The second-order valence-corrected chi connectivity index (χ2v) is 8.60. The van der Waals surface area contributed by atoms with Crippen molar-refractivity contribution >= 4 is 44.4 Å². The van der Waals surface area contributed by atoms with Crippen molar-refractivity contribution in [2.75, 3.05) is 11.6 Å². The summed E-state index contributed by atoms with van der Waals surface area (Å²) in [5.74, 6) is 1.96. The fraction of sp³-hybridized carbons (Fsp3) is 0.182. The number of nitrogens with one attached hydrogen (secondary N) is 1. The van der Waals surface area contributed by atoms with Gasteiger partial charge < -0.3 is 10.1 Å². The van der Waals surface area contributed by atoms with Gasteiger partial charge in [-0.15, -0.1) is 5.10 Å². The lowest BCUT2D eigenvalue weighted by Crippen LogP contribution is -2.02. The Balaban J connectivity index is 1.44. The Bertz CT molecular complexity index is 1520. The topological polar surface area (TPSA) is 121 Å². The predicted molar refractivity (Wildman–Crippen MR) is 125 cm³/mol. The van der Waals surface area contributed by atoms with Crippen molar-refractivity contribution in [3.05, 3.63) is 54.5 Å². The van der Waals surface area contributed by atoms with Gasteiger partial charge in [-0.05, 0) is 42.3 Å². The largest absolute Gasteiger partial charge is 0.457 e. The predicted octanol–water partition coefficient (Wildman–Crippen LogP) is 3.54. The first kappa shape index (κ1) is 20.9. The van der Waals surface area contributed by atoms with Gasteiger partial charge in [0.1, 0.15) is 34.4 Å². The van der Waals surface area contributed by atoms with Crippen LogP contribution in [0.1, 0.15) is 12.5 Å². The molecule has 5 aromatic rings. The van der Waals surface area contributed by atoms with E-state index < -0.39 is 10.8 Å². The van der Waals surface area contributed by atoms with Gasteiger partial charge in [-0.2, -0.15) is 0 Å². The molecule has 166 valence electrons. The molecule has 0 aliphatic carbocycles. The number of fused-ring (bicyclic) bond motifs is 2. The third-order valence-electron chi connectivity index (χ3n) is 5.13. The number of benzene rings is 2. The molecule has 0 bridgehead atoms. The summed E-state index contributed by atoms with van der Waals surface area (Å²) in [5, 5.41) is 11.7. The molecule has 3 heterocycles. The summed E-state index contributed by atoms with van der Waals surface area (Å²) in [7, 11) is 0.546. The average Bonchev–Trinajstić information content (AvgIpc) is 3.19. The van der Waals surface area contributed by atoms with Crippen LogP contribution in [0.4, 0.5) is 11.5 Å². The van der Waals surface area contributed by atoms with E-state index in [-0.39, 0.29) is 5.16 Å². The molecule has 1 atom stereocenters. The molecular weight excluding hydrogens is 440 g/mol. The zero-order valence-electron chi connectivity index (χ0n) is 18.2. The molecule has 33 heavy (non-hydrogen) atoms. The van der Waals surface area contributed by atoms with Crippen LogP contribution in [0.2, 0.25) is 0 Å². The van der Waals surface area contributed by atoms with Crippen molar-refractivity contribution in [2.45, 2.75) is 18.5 Å². The minimum atomic E-state index is -1.31. The third kappa shape index (κ3) is 4.10. The van der Waals surface area contributed by atoms with Crippen LogP contribution in [0.15, 0.2) is 54.1 Å². The maximum Gasteiger partial charge on any atom is 0.218 e. The molecule has 5 rings (SSSR count). The molecule has 1 N–H and O–H groups in total. The number of ether oxygens (including phenoxy) is 1. The van der Waals surface area contributed by atoms with E-state index in [9.17, 15) is 4.21 Å². The summed E-state index contributed by atoms with van der Waals surface area (Å²) in [6.07, 6.45) is 5.29. The SMILES string of the molecule is CCc1cc(Nc2ncnc3cnc(S(C)=O)nc23)ccc1Oc1ccc2c(c1)nnn2C. The molecule has 0 radical (unpaired) electrons. The second-order valence-electron chi connectivity index (χ2n) is 7.33. The van der Waals surface area contributed by atoms with Crippen LogP contribution in [0.3, 0.4) is 0 Å². The van der Waals surface area contributed by atoms with Crippen molar-refractivity contribution in [3.8, 4) is 11.5 Å². The van der Waals surface area contributed by atoms with E-state index in [1.165, 1.54) is 12.6 Å². The fourth-order valence-electron chi connectivity index (χ4n) is 3.45. The molecule has 0 aliphatic rings. The van der Waals surface area contributed by atoms with Gasteiger partial charge in [0.25, 0.3) is 0 Å². The highest BCUT2D eigenvalue weighted by molar-refractivity contribution is 7.84. The van der Waals surface area contributed by atoms with E-state index in [4.69, 9.17) is 4.74 Å². The summed E-state index contributed by atoms with van der Waals surface area (Å²) in [5.41, 5.74) is 4.62. The molecule has 0 spiro atoms. The quantitative estimate of drug-likeness (QED) is 0.379. The van der Waals surface area contributed by atoms with Crippen molar-refractivity contribution in [1.82, 2.24) is 34.9 Å². The lowest BCUT2D eigenvalue weighted by Gasteiger charge is -2.13. The monoisotopic (exact) mass is 460 g/mol. The summed E-state index contributed by atoms with van der Waals surface area (Å²) in [6.45, 7) is 2.06. The molecule has 0 saturated heterocycles. The molecule has 2 aromatic carbocycles. The van der Waals surface area contributed by atoms with Gasteiger partial charge in [-0.1, -0.05) is 12.1 Å². The van der Waals surface area contributed by atoms with Gasteiger partial charge in [0.05, 0.1) is 22.5 Å². The number of anilines is 2. The number of aryl methyl sites for hydroxylation is 2. The van der Waals surface area contributed by atoms with Crippen molar-refractivity contribution in [1.29, 1.82) is 0 Å². The number of nitrogens with zero attached hydrogens (tertiary/aromatic N) is 7. The van der Waals surface area contributed by atoms with Gasteiger partial charge in [0.2, 0.25) is 5.16 Å². The van der Waals surface area contributed by atoms with E-state index in [2.05, 4.69) is 42.5 Å². The zero-order valence-corrected chi connectivity index (χ0v) is 19.0. The van der Waals surface area contributed by atoms with E-state index in [1.807, 2.05) is 43.4 Å². The summed E-state index contributed by atoms with van der Waals surface area (Å²) >= 11 is 0. The summed E-state index contributed by atoms with van der Waals surface area (Å²) < 4.78 is 19.7. The van der Waals surface area contributed by atoms with Crippen LogP contribution >= 0.6 is 0 Å². The van der Waals surface area contributed by atoms with Crippen LogP contribution in [-0.2, 0) is 24.3 Å². The molecule has 3 aromatic heterocycles. The van der Waals surface area contributed by atoms with Crippen LogP contribution in [0, 0.1) is 0 Å². The molecule has 0 saturated carbocycles. The van der Waals surface area contributed by atoms with Gasteiger partial charge >= 0.3 is 0 Å². The van der Waals surface area contributed by atoms with E-state index in [1.54, 1.807) is 10.9 Å². The van der Waals surface area contributed by atoms with E-state index >= 15 is 0 Å². The summed E-state index contributed by atoms with van der Waals surface area (Å²) in [4.78, 5) is 17.0. The molecule has 11 heteroatoms. The molecular formula is C22H20N8O2S. The lowest BCUT2D eigenvalue weighted by molar-refractivity contribution is 0.477. The van der Waals surface area contributed by atoms with Gasteiger partial charge in [-0.3, -0.25) is 4.21 Å². The maximum atomic E-state index is 11.8. The van der Waals surface area contributed by atoms with Crippen molar-refractivity contribution < 1.29 is 8.95 Å². The summed E-state index contributed by atoms with van der Waals surface area (Å²) in [6, 6.07) is 11.5. The smallest absolute Gasteiger partial charge is 0.218 e. The van der Waals surface area contributed by atoms with Crippen molar-refractivity contribution in [3.63, 3.8) is 0 Å². The average molecular weight is 461 g/mol. The van der Waals surface area contributed by atoms with Gasteiger partial charge in [0, 0.05) is 25.1 Å². The highest BCUT2D eigenvalue weighted by Crippen LogP contribution is 2.31. The Morgan fingerprint density at radius 1 is 1.09 bits per heavy atom. The van der Waals surface area contributed by atoms with Crippen LogP contribution in [-0.4, -0.2) is 45.4 Å². The van der Waals surface area contributed by atoms with E-state index in [0.29, 0.717) is 22.6 Å². The number of hydrogen-bond acceptors (Lipinski definition) is 9. The minimum absolute atomic E-state index is 0.235. The highest BCUT2D eigenvalue weighted by atomic mass is 32.2. The number of aromatic nitrogens is 7. The normalized spacial score (nSPS) is 12.2. The standard InChI is InChI=1S/C22H20N8O2S/c1-4-13-9-14(26-21-20-17(24-12-25-21)11-23-22(27-20)33(3)31)5-8-19(13)32-15-6-7-18-16(10-15)28-29-30(18)2/h5-12H,4H2,1-3H3,(H,24,25,26). The van der Waals surface area contributed by atoms with Crippen LogP contribution in [0.5, 0.6) is 11.5 Å². The fourth-order valence-corrected chi connectivity index (χ4v) is 3.87. The first-order valence-electron chi connectivity index (χ1n) is 10.2. The maximum absolute atomic E-state index is 11.8. The van der Waals surface area contributed by atoms with Crippen molar-refractivity contribution in [2.24, 2.45) is 7.05 Å². The zero-order chi connectivity index (χ0) is 22.9. The first-order chi connectivity index (χ1) is 16.0. The molecule has 0 aliphatic heterocycles.